The van der Waals surface area contributed by atoms with Crippen LogP contribution in [0.15, 0.2) is 18.5 Å². The highest BCUT2D eigenvalue weighted by Gasteiger charge is 1.97. The summed E-state index contributed by atoms with van der Waals surface area (Å²) in [7, 11) is 2.05. The predicted molar refractivity (Wildman–Crippen MR) is 50.9 cm³/mol. The molecule has 0 radical (unpaired) electrons. The lowest BCUT2D eigenvalue weighted by Gasteiger charge is -1.97. The lowest BCUT2D eigenvalue weighted by Crippen LogP contribution is -1.83. The molecule has 0 N–H and O–H groups in total. The van der Waals surface area contributed by atoms with Crippen LogP contribution in [0.2, 0.25) is 0 Å². The van der Waals surface area contributed by atoms with E-state index in [0.29, 0.717) is 5.92 Å². The molecule has 0 bridgehead atoms. The van der Waals surface area contributed by atoms with Crippen LogP contribution >= 0.6 is 0 Å². The highest BCUT2D eigenvalue weighted by atomic mass is 14.9. The molecule has 1 aromatic heterocycles. The summed E-state index contributed by atoms with van der Waals surface area (Å²) in [4.78, 5) is 0. The van der Waals surface area contributed by atoms with Gasteiger partial charge >= 0.3 is 0 Å². The number of aryl methyl sites for hydroxylation is 1. The second kappa shape index (κ2) is 5.00. The first-order valence-electron chi connectivity index (χ1n) is 4.32. The second-order valence-corrected chi connectivity index (χ2v) is 2.77. The van der Waals surface area contributed by atoms with Gasteiger partial charge in [0.2, 0.25) is 0 Å². The third-order valence-electron chi connectivity index (χ3n) is 1.52. The Morgan fingerprint density at radius 3 is 2.00 bits per heavy atom. The quantitative estimate of drug-likeness (QED) is 0.584. The minimum Gasteiger partial charge on any atom is -0.357 e. The molecule has 0 saturated heterocycles. The standard InChI is InChI=1S/C8H13N.C2H6/c1-7(2)8-4-5-9(3)6-8;1-2/h4-7H,1-3H3;1-2H3. The van der Waals surface area contributed by atoms with Gasteiger partial charge in [-0.3, -0.25) is 0 Å². The molecule has 0 aromatic carbocycles. The van der Waals surface area contributed by atoms with E-state index in [9.17, 15) is 0 Å². The first-order chi connectivity index (χ1) is 5.20. The van der Waals surface area contributed by atoms with Crippen LogP contribution in [0.1, 0.15) is 39.2 Å². The van der Waals surface area contributed by atoms with Gasteiger partial charge in [-0.25, -0.2) is 0 Å². The smallest absolute Gasteiger partial charge is 0.0106 e. The lowest BCUT2D eigenvalue weighted by molar-refractivity contribution is 0.849. The lowest BCUT2D eigenvalue weighted by atomic mass is 10.1. The molecular weight excluding hydrogens is 134 g/mol. The van der Waals surface area contributed by atoms with E-state index in [1.807, 2.05) is 20.9 Å². The first kappa shape index (κ1) is 10.3. The summed E-state index contributed by atoms with van der Waals surface area (Å²) in [6, 6.07) is 2.16. The molecule has 0 unspecified atom stereocenters. The number of rotatable bonds is 1. The van der Waals surface area contributed by atoms with Crippen LogP contribution in [0.25, 0.3) is 0 Å². The van der Waals surface area contributed by atoms with Gasteiger partial charge in [0.1, 0.15) is 0 Å². The van der Waals surface area contributed by atoms with Crippen molar-refractivity contribution in [3.8, 4) is 0 Å². The van der Waals surface area contributed by atoms with Crippen molar-refractivity contribution in [3.05, 3.63) is 24.0 Å². The van der Waals surface area contributed by atoms with Crippen molar-refractivity contribution in [2.45, 2.75) is 33.6 Å². The minimum atomic E-state index is 0.659. The molecule has 0 atom stereocenters. The van der Waals surface area contributed by atoms with Crippen molar-refractivity contribution in [1.29, 1.82) is 0 Å². The van der Waals surface area contributed by atoms with E-state index in [4.69, 9.17) is 0 Å². The minimum absolute atomic E-state index is 0.659. The zero-order valence-electron chi connectivity index (χ0n) is 8.26. The molecule has 1 aromatic rings. The molecule has 0 aliphatic carbocycles. The van der Waals surface area contributed by atoms with Crippen LogP contribution in [0.3, 0.4) is 0 Å². The summed E-state index contributed by atoms with van der Waals surface area (Å²) in [6.07, 6.45) is 4.24. The molecule has 0 fully saturated rings. The summed E-state index contributed by atoms with van der Waals surface area (Å²) in [5.41, 5.74) is 1.41. The van der Waals surface area contributed by atoms with Crippen molar-refractivity contribution < 1.29 is 0 Å². The Balaban J connectivity index is 0.000000461. The fraction of sp³-hybridized carbons (Fsp3) is 0.600. The average Bonchev–Trinajstić information content (AvgIpc) is 2.40. The van der Waals surface area contributed by atoms with Gasteiger partial charge in [-0.1, -0.05) is 27.7 Å². The predicted octanol–water partition coefficient (Wildman–Crippen LogP) is 3.17. The maximum Gasteiger partial charge on any atom is 0.0106 e. The molecule has 1 heterocycles. The Morgan fingerprint density at radius 1 is 1.27 bits per heavy atom. The molecule has 0 aliphatic rings. The van der Waals surface area contributed by atoms with Gasteiger partial charge in [-0.05, 0) is 17.5 Å². The molecule has 64 valence electrons. The maximum absolute atomic E-state index is 2.20. The summed E-state index contributed by atoms with van der Waals surface area (Å²) in [5, 5.41) is 0. The fourth-order valence-corrected chi connectivity index (χ4v) is 0.866. The Kier molecular flexibility index (Phi) is 4.67. The summed E-state index contributed by atoms with van der Waals surface area (Å²) >= 11 is 0. The van der Waals surface area contributed by atoms with Crippen LogP contribution in [0.5, 0.6) is 0 Å². The molecule has 0 saturated carbocycles. The molecule has 1 heteroatoms. The van der Waals surface area contributed by atoms with Crippen LogP contribution in [-0.2, 0) is 7.05 Å². The summed E-state index contributed by atoms with van der Waals surface area (Å²) in [5.74, 6) is 0.659. The van der Waals surface area contributed by atoms with Crippen LogP contribution < -0.4 is 0 Å². The van der Waals surface area contributed by atoms with Gasteiger partial charge < -0.3 is 4.57 Å². The van der Waals surface area contributed by atoms with E-state index in [2.05, 4.69) is 36.9 Å². The van der Waals surface area contributed by atoms with Crippen LogP contribution in [-0.4, -0.2) is 4.57 Å². The molecule has 0 spiro atoms. The third-order valence-corrected chi connectivity index (χ3v) is 1.52. The summed E-state index contributed by atoms with van der Waals surface area (Å²) in [6.45, 7) is 8.41. The van der Waals surface area contributed by atoms with E-state index >= 15 is 0 Å². The van der Waals surface area contributed by atoms with Crippen molar-refractivity contribution in [2.75, 3.05) is 0 Å². The SMILES string of the molecule is CC.CC(C)c1ccn(C)c1. The maximum atomic E-state index is 2.20. The van der Waals surface area contributed by atoms with E-state index in [1.54, 1.807) is 0 Å². The number of hydrogen-bond donors (Lipinski definition) is 0. The highest BCUT2D eigenvalue weighted by molar-refractivity contribution is 5.13. The van der Waals surface area contributed by atoms with Crippen LogP contribution in [0, 0.1) is 0 Å². The summed E-state index contributed by atoms with van der Waals surface area (Å²) < 4.78 is 2.08. The van der Waals surface area contributed by atoms with E-state index in [0.717, 1.165) is 0 Å². The monoisotopic (exact) mass is 153 g/mol. The van der Waals surface area contributed by atoms with Crippen molar-refractivity contribution in [2.24, 2.45) is 7.05 Å². The zero-order chi connectivity index (χ0) is 8.85. The Morgan fingerprint density at radius 2 is 1.82 bits per heavy atom. The van der Waals surface area contributed by atoms with Gasteiger partial charge in [0.15, 0.2) is 0 Å². The molecular formula is C10H19N. The topological polar surface area (TPSA) is 4.93 Å². The van der Waals surface area contributed by atoms with E-state index < -0.39 is 0 Å². The zero-order valence-corrected chi connectivity index (χ0v) is 8.26. The van der Waals surface area contributed by atoms with Gasteiger partial charge in [0, 0.05) is 19.4 Å². The Labute approximate surface area is 70.0 Å². The highest BCUT2D eigenvalue weighted by Crippen LogP contribution is 2.12. The third kappa shape index (κ3) is 3.26. The van der Waals surface area contributed by atoms with Gasteiger partial charge in [0.05, 0.1) is 0 Å². The Bertz CT molecular complexity index is 187. The largest absolute Gasteiger partial charge is 0.357 e. The first-order valence-corrected chi connectivity index (χ1v) is 4.32. The van der Waals surface area contributed by atoms with Crippen molar-refractivity contribution in [1.82, 2.24) is 4.57 Å². The van der Waals surface area contributed by atoms with Gasteiger partial charge in [0.25, 0.3) is 0 Å². The molecule has 1 nitrogen and oxygen atoms in total. The number of nitrogens with zero attached hydrogens (tertiary/aromatic N) is 1. The van der Waals surface area contributed by atoms with Crippen molar-refractivity contribution in [3.63, 3.8) is 0 Å². The molecule has 11 heavy (non-hydrogen) atoms. The second-order valence-electron chi connectivity index (χ2n) is 2.77. The number of hydrogen-bond acceptors (Lipinski definition) is 0. The fourth-order valence-electron chi connectivity index (χ4n) is 0.866. The molecule has 0 aliphatic heterocycles. The molecule has 0 amide bonds. The molecule has 1 rings (SSSR count). The average molecular weight is 153 g/mol. The van der Waals surface area contributed by atoms with Gasteiger partial charge in [-0.15, -0.1) is 0 Å². The van der Waals surface area contributed by atoms with Crippen LogP contribution in [0.4, 0.5) is 0 Å². The normalized spacial score (nSPS) is 9.27. The van der Waals surface area contributed by atoms with E-state index in [-0.39, 0.29) is 0 Å². The number of aromatic nitrogens is 1. The van der Waals surface area contributed by atoms with Crippen molar-refractivity contribution >= 4 is 0 Å². The van der Waals surface area contributed by atoms with Gasteiger partial charge in [-0.2, -0.15) is 0 Å². The van der Waals surface area contributed by atoms with E-state index in [1.165, 1.54) is 5.56 Å². The Hall–Kier alpha value is -0.720.